The van der Waals surface area contributed by atoms with E-state index in [0.29, 0.717) is 5.02 Å². The van der Waals surface area contributed by atoms with Gasteiger partial charge in [0, 0.05) is 11.6 Å². The molecule has 0 radical (unpaired) electrons. The highest BCUT2D eigenvalue weighted by molar-refractivity contribution is 6.30. The van der Waals surface area contributed by atoms with E-state index in [1.165, 1.54) is 12.3 Å². The molecule has 0 spiro atoms. The Morgan fingerprint density at radius 1 is 1.19 bits per heavy atom. The molecule has 2 aromatic rings. The molecule has 138 valence electrons. The van der Waals surface area contributed by atoms with Crippen molar-refractivity contribution in [3.63, 3.8) is 0 Å². The Morgan fingerprint density at radius 2 is 1.92 bits per heavy atom. The minimum atomic E-state index is -0.584. The number of rotatable bonds is 8. The van der Waals surface area contributed by atoms with E-state index in [-0.39, 0.29) is 31.4 Å². The molecule has 0 saturated carbocycles. The maximum absolute atomic E-state index is 11.8. The van der Waals surface area contributed by atoms with Crippen molar-refractivity contribution in [2.24, 2.45) is 0 Å². The van der Waals surface area contributed by atoms with Crippen molar-refractivity contribution in [2.45, 2.75) is 19.4 Å². The summed E-state index contributed by atoms with van der Waals surface area (Å²) in [4.78, 5) is 35.1. The summed E-state index contributed by atoms with van der Waals surface area (Å²) in [5.41, 5.74) is 0.884. The number of carbonyl (C=O) groups excluding carboxylic acids is 3. The van der Waals surface area contributed by atoms with Crippen molar-refractivity contribution in [2.75, 3.05) is 13.2 Å². The lowest BCUT2D eigenvalue weighted by Crippen LogP contribution is -2.32. The van der Waals surface area contributed by atoms with E-state index in [1.54, 1.807) is 30.3 Å². The van der Waals surface area contributed by atoms with Gasteiger partial charge in [-0.2, -0.15) is 0 Å². The molecule has 0 unspecified atom stereocenters. The second kappa shape index (κ2) is 9.62. The lowest BCUT2D eigenvalue weighted by atomic mass is 10.1. The number of ether oxygens (including phenoxy) is 1. The Hall–Kier alpha value is -2.80. The maximum Gasteiger partial charge on any atom is 0.308 e. The number of hydrogen-bond acceptors (Lipinski definition) is 5. The molecule has 2 rings (SSSR count). The Bertz CT molecular complexity index is 743. The van der Waals surface area contributed by atoms with Crippen molar-refractivity contribution < 1.29 is 23.5 Å². The van der Waals surface area contributed by atoms with Gasteiger partial charge >= 0.3 is 5.97 Å². The first-order valence-electron chi connectivity index (χ1n) is 7.98. The summed E-state index contributed by atoms with van der Waals surface area (Å²) in [6, 6.07) is 9.94. The average molecular weight is 379 g/mol. The monoisotopic (exact) mass is 378 g/mol. The van der Waals surface area contributed by atoms with Crippen LogP contribution < -0.4 is 10.6 Å². The minimum Gasteiger partial charge on any atom is -0.459 e. The second-order valence-electron chi connectivity index (χ2n) is 5.48. The van der Waals surface area contributed by atoms with E-state index in [2.05, 4.69) is 10.6 Å². The van der Waals surface area contributed by atoms with Crippen molar-refractivity contribution in [1.29, 1.82) is 0 Å². The van der Waals surface area contributed by atoms with Crippen LogP contribution in [-0.2, 0) is 14.3 Å². The van der Waals surface area contributed by atoms with Crippen molar-refractivity contribution in [1.82, 2.24) is 10.6 Å². The smallest absolute Gasteiger partial charge is 0.308 e. The zero-order valence-electron chi connectivity index (χ0n) is 14.2. The van der Waals surface area contributed by atoms with Gasteiger partial charge in [0.05, 0.1) is 18.7 Å². The molecule has 8 heteroatoms. The molecule has 0 bridgehead atoms. The number of carbonyl (C=O) groups is 3. The van der Waals surface area contributed by atoms with Gasteiger partial charge < -0.3 is 19.8 Å². The van der Waals surface area contributed by atoms with Crippen LogP contribution in [0.5, 0.6) is 0 Å². The molecule has 0 aliphatic heterocycles. The van der Waals surface area contributed by atoms with Gasteiger partial charge in [-0.15, -0.1) is 0 Å². The molecule has 1 aromatic heterocycles. The molecule has 0 saturated heterocycles. The van der Waals surface area contributed by atoms with Crippen LogP contribution in [0.2, 0.25) is 5.02 Å². The summed E-state index contributed by atoms with van der Waals surface area (Å²) in [5, 5.41) is 5.85. The molecule has 1 atom stereocenters. The molecular weight excluding hydrogens is 360 g/mol. The lowest BCUT2D eigenvalue weighted by molar-refractivity contribution is -0.148. The van der Waals surface area contributed by atoms with Crippen LogP contribution in [0, 0.1) is 0 Å². The summed E-state index contributed by atoms with van der Waals surface area (Å²) >= 11 is 5.82. The van der Waals surface area contributed by atoms with Gasteiger partial charge in [0.25, 0.3) is 11.8 Å². The van der Waals surface area contributed by atoms with Crippen molar-refractivity contribution in [3.8, 4) is 0 Å². The lowest BCUT2D eigenvalue weighted by Gasteiger charge is -2.14. The number of nitrogens with one attached hydrogen (secondary N) is 2. The minimum absolute atomic E-state index is 0.0491. The van der Waals surface area contributed by atoms with Crippen LogP contribution in [0.15, 0.2) is 47.1 Å². The normalized spacial score (nSPS) is 11.5. The standard InChI is InChI=1S/C18H19ClN2O5/c1-12(13-4-6-14(19)7-5-13)21-16(22)11-26-17(23)8-9-20-18(24)15-3-2-10-25-15/h2-7,10,12H,8-9,11H2,1H3,(H,20,24)(H,21,22)/t12-/m0/s1. The Labute approximate surface area is 155 Å². The number of hydrogen-bond donors (Lipinski definition) is 2. The maximum atomic E-state index is 11.8. The SMILES string of the molecule is C[C@H](NC(=O)COC(=O)CCNC(=O)c1ccco1)c1ccc(Cl)cc1. The first-order valence-corrected chi connectivity index (χ1v) is 8.35. The third kappa shape index (κ3) is 6.25. The first kappa shape index (κ1) is 19.5. The number of halogens is 1. The quantitative estimate of drug-likeness (QED) is 0.688. The number of amides is 2. The Morgan fingerprint density at radius 3 is 2.58 bits per heavy atom. The van der Waals surface area contributed by atoms with Crippen LogP contribution in [0.3, 0.4) is 0 Å². The molecule has 1 heterocycles. The Kier molecular flexibility index (Phi) is 7.23. The summed E-state index contributed by atoms with van der Waals surface area (Å²) in [6.45, 7) is 1.51. The van der Waals surface area contributed by atoms with Crippen LogP contribution in [0.1, 0.15) is 35.5 Å². The van der Waals surface area contributed by atoms with Gasteiger partial charge in [-0.3, -0.25) is 14.4 Å². The number of benzene rings is 1. The second-order valence-corrected chi connectivity index (χ2v) is 5.92. The van der Waals surface area contributed by atoms with Crippen LogP contribution in [0.4, 0.5) is 0 Å². The summed E-state index contributed by atoms with van der Waals surface area (Å²) in [7, 11) is 0. The molecule has 0 fully saturated rings. The summed E-state index contributed by atoms with van der Waals surface area (Å²) in [5.74, 6) is -1.26. The van der Waals surface area contributed by atoms with Gasteiger partial charge in [0.1, 0.15) is 0 Å². The summed E-state index contributed by atoms with van der Waals surface area (Å²) < 4.78 is 9.81. The molecule has 7 nitrogen and oxygen atoms in total. The predicted molar refractivity (Wildman–Crippen MR) is 94.6 cm³/mol. The fourth-order valence-electron chi connectivity index (χ4n) is 2.11. The summed E-state index contributed by atoms with van der Waals surface area (Å²) in [6.07, 6.45) is 1.33. The van der Waals surface area contributed by atoms with E-state index in [9.17, 15) is 14.4 Å². The highest BCUT2D eigenvalue weighted by Crippen LogP contribution is 2.15. The highest BCUT2D eigenvalue weighted by atomic mass is 35.5. The molecular formula is C18H19ClN2O5. The van der Waals surface area contributed by atoms with E-state index >= 15 is 0 Å². The van der Waals surface area contributed by atoms with Crippen molar-refractivity contribution >= 4 is 29.4 Å². The van der Waals surface area contributed by atoms with Gasteiger partial charge in [-0.25, -0.2) is 0 Å². The van der Waals surface area contributed by atoms with Gasteiger partial charge in [-0.1, -0.05) is 23.7 Å². The first-order chi connectivity index (χ1) is 12.5. The average Bonchev–Trinajstić information content (AvgIpc) is 3.15. The van der Waals surface area contributed by atoms with Crippen LogP contribution in [0.25, 0.3) is 0 Å². The van der Waals surface area contributed by atoms with Crippen LogP contribution >= 0.6 is 11.6 Å². The fraction of sp³-hybridized carbons (Fsp3) is 0.278. The Balaban J connectivity index is 1.64. The predicted octanol–water partition coefficient (Wildman–Crippen LogP) is 2.47. The topological polar surface area (TPSA) is 97.6 Å². The zero-order valence-corrected chi connectivity index (χ0v) is 14.9. The third-order valence-electron chi connectivity index (χ3n) is 3.47. The van der Waals surface area contributed by atoms with E-state index in [4.69, 9.17) is 20.8 Å². The molecule has 0 aliphatic carbocycles. The number of furan rings is 1. The van der Waals surface area contributed by atoms with Gasteiger partial charge in [-0.05, 0) is 36.8 Å². The fourth-order valence-corrected chi connectivity index (χ4v) is 2.24. The van der Waals surface area contributed by atoms with E-state index < -0.39 is 17.8 Å². The van der Waals surface area contributed by atoms with E-state index in [1.807, 2.05) is 6.92 Å². The van der Waals surface area contributed by atoms with Crippen LogP contribution in [-0.4, -0.2) is 30.9 Å². The molecule has 26 heavy (non-hydrogen) atoms. The van der Waals surface area contributed by atoms with Gasteiger partial charge in [0.2, 0.25) is 0 Å². The molecule has 2 N–H and O–H groups in total. The molecule has 2 amide bonds. The molecule has 1 aromatic carbocycles. The van der Waals surface area contributed by atoms with E-state index in [0.717, 1.165) is 5.56 Å². The zero-order chi connectivity index (χ0) is 18.9. The molecule has 0 aliphatic rings. The van der Waals surface area contributed by atoms with Gasteiger partial charge in [0.15, 0.2) is 12.4 Å². The third-order valence-corrected chi connectivity index (χ3v) is 3.72. The number of esters is 1. The highest BCUT2D eigenvalue weighted by Gasteiger charge is 2.13. The largest absolute Gasteiger partial charge is 0.459 e. The van der Waals surface area contributed by atoms with Crippen molar-refractivity contribution in [3.05, 3.63) is 59.0 Å².